The highest BCUT2D eigenvalue weighted by atomic mass is 32.1. The molecule has 0 saturated carbocycles. The lowest BCUT2D eigenvalue weighted by Gasteiger charge is -2.20. The summed E-state index contributed by atoms with van der Waals surface area (Å²) in [7, 11) is 1.68. The Bertz CT molecular complexity index is 1020. The Morgan fingerprint density at radius 2 is 2.03 bits per heavy atom. The van der Waals surface area contributed by atoms with Crippen LogP contribution in [0.3, 0.4) is 0 Å². The van der Waals surface area contributed by atoms with Crippen LogP contribution in [0.4, 0.5) is 5.13 Å². The van der Waals surface area contributed by atoms with E-state index in [0.29, 0.717) is 12.1 Å². The molecule has 7 heteroatoms. The average molecular weight is 441 g/mol. The van der Waals surface area contributed by atoms with Gasteiger partial charge in [-0.1, -0.05) is 13.8 Å². The summed E-state index contributed by atoms with van der Waals surface area (Å²) in [5.41, 5.74) is 2.53. The number of pyridine rings is 1. The lowest BCUT2D eigenvalue weighted by Crippen LogP contribution is -2.29. The van der Waals surface area contributed by atoms with E-state index >= 15 is 0 Å². The van der Waals surface area contributed by atoms with Crippen molar-refractivity contribution in [2.45, 2.75) is 58.7 Å². The molecule has 0 aliphatic carbocycles. The minimum Gasteiger partial charge on any atom is -0.497 e. The van der Waals surface area contributed by atoms with Crippen molar-refractivity contribution in [1.82, 2.24) is 14.9 Å². The Morgan fingerprint density at radius 3 is 2.71 bits per heavy atom. The average Bonchev–Trinajstić information content (AvgIpc) is 3.39. The van der Waals surface area contributed by atoms with Crippen molar-refractivity contribution >= 4 is 27.4 Å². The van der Waals surface area contributed by atoms with Gasteiger partial charge in [-0.2, -0.15) is 0 Å². The third kappa shape index (κ3) is 4.77. The van der Waals surface area contributed by atoms with Gasteiger partial charge in [-0.05, 0) is 38.9 Å². The highest BCUT2D eigenvalue weighted by Gasteiger charge is 2.31. The number of hydrogen-bond donors (Lipinski definition) is 1. The fourth-order valence-electron chi connectivity index (χ4n) is 4.25. The van der Waals surface area contributed by atoms with Crippen LogP contribution in [-0.2, 0) is 0 Å². The van der Waals surface area contributed by atoms with Crippen LogP contribution >= 0.6 is 11.3 Å². The van der Waals surface area contributed by atoms with Crippen molar-refractivity contribution in [3.05, 3.63) is 29.6 Å². The third-order valence-corrected chi connectivity index (χ3v) is 6.59. The number of likely N-dealkylation sites (tertiary alicyclic amines) is 1. The first kappa shape index (κ1) is 21.8. The first-order chi connectivity index (χ1) is 15.0. The summed E-state index contributed by atoms with van der Waals surface area (Å²) in [6, 6.07) is 8.93. The number of rotatable bonds is 8. The highest BCUT2D eigenvalue weighted by molar-refractivity contribution is 7.14. The van der Waals surface area contributed by atoms with Crippen molar-refractivity contribution in [1.29, 1.82) is 0 Å². The minimum atomic E-state index is 0.180. The van der Waals surface area contributed by atoms with Gasteiger partial charge in [0.15, 0.2) is 5.13 Å². The molecule has 1 aliphatic rings. The maximum atomic E-state index is 6.60. The quantitative estimate of drug-likeness (QED) is 0.503. The molecule has 0 amide bonds. The number of thiazole rings is 1. The van der Waals surface area contributed by atoms with Gasteiger partial charge >= 0.3 is 0 Å². The van der Waals surface area contributed by atoms with Gasteiger partial charge in [-0.25, -0.2) is 9.97 Å². The minimum absolute atomic E-state index is 0.180. The fraction of sp³-hybridized carbons (Fsp3) is 0.500. The normalized spacial score (nSPS) is 19.3. The van der Waals surface area contributed by atoms with Gasteiger partial charge in [-0.3, -0.25) is 4.90 Å². The molecule has 1 aliphatic heterocycles. The molecule has 0 bridgehead atoms. The molecule has 0 spiro atoms. The van der Waals surface area contributed by atoms with E-state index in [9.17, 15) is 0 Å². The van der Waals surface area contributed by atoms with E-state index in [1.165, 1.54) is 0 Å². The van der Waals surface area contributed by atoms with Crippen molar-refractivity contribution in [2.24, 2.45) is 0 Å². The smallest absolute Gasteiger partial charge is 0.183 e. The summed E-state index contributed by atoms with van der Waals surface area (Å²) < 4.78 is 12.0. The van der Waals surface area contributed by atoms with Crippen LogP contribution in [0.2, 0.25) is 0 Å². The molecule has 3 heterocycles. The summed E-state index contributed by atoms with van der Waals surface area (Å²) in [6.45, 7) is 10.7. The Morgan fingerprint density at radius 1 is 1.19 bits per heavy atom. The Hall–Kier alpha value is -2.38. The molecule has 2 aromatic heterocycles. The van der Waals surface area contributed by atoms with Gasteiger partial charge in [-0.15, -0.1) is 11.3 Å². The number of anilines is 1. The largest absolute Gasteiger partial charge is 0.497 e. The van der Waals surface area contributed by atoms with E-state index in [0.717, 1.165) is 64.9 Å². The standard InChI is InChI=1S/C24H32N4O2S/c1-6-16-10-18(13-28(16)7-2)30-23-12-21(22-14-31-24(27-22)25-15(3)4)26-20-11-17(29-5)8-9-19(20)23/h8-9,11-12,14-16,18H,6-7,10,13H2,1-5H3,(H,25,27). The molecule has 1 saturated heterocycles. The molecular weight excluding hydrogens is 408 g/mol. The predicted octanol–water partition coefficient (Wildman–Crippen LogP) is 5.44. The van der Waals surface area contributed by atoms with Crippen LogP contribution in [0.1, 0.15) is 40.5 Å². The molecule has 1 fully saturated rings. The van der Waals surface area contributed by atoms with Crippen molar-refractivity contribution in [3.8, 4) is 22.9 Å². The zero-order chi connectivity index (χ0) is 22.0. The monoisotopic (exact) mass is 440 g/mol. The van der Waals surface area contributed by atoms with E-state index in [-0.39, 0.29) is 6.10 Å². The van der Waals surface area contributed by atoms with Gasteiger partial charge in [0.2, 0.25) is 0 Å². The molecule has 166 valence electrons. The third-order valence-electron chi connectivity index (χ3n) is 5.82. The summed E-state index contributed by atoms with van der Waals surface area (Å²) in [5, 5.41) is 7.32. The molecule has 2 atom stereocenters. The summed E-state index contributed by atoms with van der Waals surface area (Å²) >= 11 is 1.60. The van der Waals surface area contributed by atoms with E-state index < -0.39 is 0 Å². The van der Waals surface area contributed by atoms with Crippen molar-refractivity contribution in [2.75, 3.05) is 25.5 Å². The maximum Gasteiger partial charge on any atom is 0.183 e. The molecule has 6 nitrogen and oxygen atoms in total. The SMILES string of the molecule is CCC1CC(Oc2cc(-c3csc(NC(C)C)n3)nc3cc(OC)ccc23)CN1CC. The first-order valence-corrected chi connectivity index (χ1v) is 12.0. The second kappa shape index (κ2) is 9.40. The van der Waals surface area contributed by atoms with Crippen LogP contribution in [0.5, 0.6) is 11.5 Å². The molecule has 31 heavy (non-hydrogen) atoms. The van der Waals surface area contributed by atoms with Gasteiger partial charge in [0.05, 0.1) is 18.3 Å². The maximum absolute atomic E-state index is 6.60. The number of benzene rings is 1. The lowest BCUT2D eigenvalue weighted by molar-refractivity contribution is 0.202. The summed E-state index contributed by atoms with van der Waals surface area (Å²) in [6.07, 6.45) is 2.38. The Balaban J connectivity index is 1.70. The van der Waals surface area contributed by atoms with Crippen LogP contribution in [0.15, 0.2) is 29.6 Å². The second-order valence-electron chi connectivity index (χ2n) is 8.35. The number of fused-ring (bicyclic) bond motifs is 1. The van der Waals surface area contributed by atoms with Gasteiger partial charge in [0, 0.05) is 47.9 Å². The second-order valence-corrected chi connectivity index (χ2v) is 9.21. The van der Waals surface area contributed by atoms with Gasteiger partial charge in [0.1, 0.15) is 23.3 Å². The highest BCUT2D eigenvalue weighted by Crippen LogP contribution is 2.35. The van der Waals surface area contributed by atoms with Crippen LogP contribution in [0, 0.1) is 0 Å². The number of hydrogen-bond acceptors (Lipinski definition) is 7. The Kier molecular flexibility index (Phi) is 6.62. The predicted molar refractivity (Wildman–Crippen MR) is 129 cm³/mol. The van der Waals surface area contributed by atoms with E-state index in [1.807, 2.05) is 29.6 Å². The Labute approximate surface area is 188 Å². The lowest BCUT2D eigenvalue weighted by atomic mass is 10.1. The number of methoxy groups -OCH3 is 1. The van der Waals surface area contributed by atoms with Crippen molar-refractivity contribution in [3.63, 3.8) is 0 Å². The molecule has 1 aromatic carbocycles. The van der Waals surface area contributed by atoms with E-state index in [2.05, 4.69) is 37.9 Å². The van der Waals surface area contributed by atoms with E-state index in [1.54, 1.807) is 18.4 Å². The molecule has 2 unspecified atom stereocenters. The number of likely N-dealkylation sites (N-methyl/N-ethyl adjacent to an activating group) is 1. The molecule has 3 aromatic rings. The summed E-state index contributed by atoms with van der Waals surface area (Å²) in [4.78, 5) is 12.1. The van der Waals surface area contributed by atoms with E-state index in [4.69, 9.17) is 19.4 Å². The topological polar surface area (TPSA) is 59.5 Å². The zero-order valence-electron chi connectivity index (χ0n) is 19.0. The van der Waals surface area contributed by atoms with Crippen LogP contribution < -0.4 is 14.8 Å². The number of aromatic nitrogens is 2. The van der Waals surface area contributed by atoms with Gasteiger partial charge in [0.25, 0.3) is 0 Å². The number of nitrogens with zero attached hydrogens (tertiary/aromatic N) is 3. The van der Waals surface area contributed by atoms with Crippen LogP contribution in [-0.4, -0.2) is 53.3 Å². The number of ether oxygens (including phenoxy) is 2. The molecule has 1 N–H and O–H groups in total. The number of nitrogens with one attached hydrogen (secondary N) is 1. The fourth-order valence-corrected chi connectivity index (χ4v) is 5.10. The molecule has 4 rings (SSSR count). The van der Waals surface area contributed by atoms with Crippen molar-refractivity contribution < 1.29 is 9.47 Å². The summed E-state index contributed by atoms with van der Waals surface area (Å²) in [5.74, 6) is 1.65. The molecular formula is C24H32N4O2S. The first-order valence-electron chi connectivity index (χ1n) is 11.1. The van der Waals surface area contributed by atoms with Gasteiger partial charge < -0.3 is 14.8 Å². The molecule has 0 radical (unpaired) electrons. The van der Waals surface area contributed by atoms with Crippen LogP contribution in [0.25, 0.3) is 22.3 Å². The zero-order valence-corrected chi connectivity index (χ0v) is 19.8.